The Bertz CT molecular complexity index is 391. The van der Waals surface area contributed by atoms with Crippen LogP contribution in [0.25, 0.3) is 0 Å². The van der Waals surface area contributed by atoms with Crippen LogP contribution in [0, 0.1) is 5.82 Å². The van der Waals surface area contributed by atoms with E-state index >= 15 is 0 Å². The summed E-state index contributed by atoms with van der Waals surface area (Å²) in [7, 11) is 5.11. The van der Waals surface area contributed by atoms with Crippen molar-refractivity contribution in [2.75, 3.05) is 21.2 Å². The van der Waals surface area contributed by atoms with Gasteiger partial charge < -0.3 is 14.7 Å². The smallest absolute Gasteiger partial charge is 0.170 e. The number of ether oxygens (including phenoxy) is 1. The first-order chi connectivity index (χ1) is 7.82. The van der Waals surface area contributed by atoms with Crippen molar-refractivity contribution >= 4 is 0 Å². The second-order valence-corrected chi connectivity index (χ2v) is 4.81. The van der Waals surface area contributed by atoms with Crippen molar-refractivity contribution in [1.29, 1.82) is 0 Å². The molecular weight excluding hydrogens is 221 g/mol. The number of methoxy groups -OCH3 is 1. The number of aliphatic hydroxyl groups excluding tert-OH is 1. The number of hydrogen-bond donors (Lipinski definition) is 1. The maximum absolute atomic E-state index is 14.0. The van der Waals surface area contributed by atoms with Gasteiger partial charge in [0.1, 0.15) is 0 Å². The molecule has 3 nitrogen and oxygen atoms in total. The lowest BCUT2D eigenvalue weighted by molar-refractivity contribution is 0.0139. The number of halogens is 1. The van der Waals surface area contributed by atoms with Gasteiger partial charge in [-0.25, -0.2) is 4.39 Å². The molecule has 0 aromatic heterocycles. The molecule has 0 amide bonds. The van der Waals surface area contributed by atoms with E-state index in [1.54, 1.807) is 12.1 Å². The Morgan fingerprint density at radius 2 is 1.94 bits per heavy atom. The van der Waals surface area contributed by atoms with Crippen molar-refractivity contribution in [3.63, 3.8) is 0 Å². The highest BCUT2D eigenvalue weighted by atomic mass is 19.1. The third-order valence-corrected chi connectivity index (χ3v) is 3.33. The lowest BCUT2D eigenvalue weighted by Gasteiger charge is -2.37. The zero-order valence-electron chi connectivity index (χ0n) is 11.0. The van der Waals surface area contributed by atoms with Gasteiger partial charge in [-0.2, -0.15) is 0 Å². The van der Waals surface area contributed by atoms with Crippen LogP contribution in [0.2, 0.25) is 0 Å². The predicted octanol–water partition coefficient (Wildman–Crippen LogP) is 2.21. The minimum absolute atomic E-state index is 0.149. The molecule has 4 heteroatoms. The number of nitrogens with zero attached hydrogens (tertiary/aromatic N) is 1. The normalized spacial score (nSPS) is 13.9. The molecule has 1 aromatic rings. The molecule has 0 spiro atoms. The molecule has 0 aliphatic heterocycles. The summed E-state index contributed by atoms with van der Waals surface area (Å²) in [5, 5.41) is 10.3. The van der Waals surface area contributed by atoms with E-state index in [-0.39, 0.29) is 11.3 Å². The Labute approximate surface area is 102 Å². The maximum atomic E-state index is 14.0. The van der Waals surface area contributed by atoms with Crippen molar-refractivity contribution in [2.45, 2.75) is 25.5 Å². The zero-order valence-corrected chi connectivity index (χ0v) is 11.0. The molecule has 0 saturated carbocycles. The summed E-state index contributed by atoms with van der Waals surface area (Å²) in [5.74, 6) is -0.353. The Kier molecular flexibility index (Phi) is 4.11. The number of benzene rings is 1. The molecule has 0 saturated heterocycles. The average Bonchev–Trinajstić information content (AvgIpc) is 2.28. The molecule has 0 aliphatic carbocycles. The highest BCUT2D eigenvalue weighted by molar-refractivity contribution is 5.33. The van der Waals surface area contributed by atoms with E-state index in [1.807, 2.05) is 32.8 Å². The van der Waals surface area contributed by atoms with Crippen molar-refractivity contribution in [3.05, 3.63) is 29.6 Å². The first kappa shape index (κ1) is 13.9. The van der Waals surface area contributed by atoms with Crippen LogP contribution >= 0.6 is 0 Å². The van der Waals surface area contributed by atoms with Gasteiger partial charge in [-0.1, -0.05) is 12.1 Å². The fraction of sp³-hybridized carbons (Fsp3) is 0.538. The van der Waals surface area contributed by atoms with E-state index in [1.165, 1.54) is 13.2 Å². The Balaban J connectivity index is 3.17. The number of likely N-dealkylation sites (N-methyl/N-ethyl adjacent to an activating group) is 1. The monoisotopic (exact) mass is 241 g/mol. The minimum Gasteiger partial charge on any atom is -0.494 e. The summed E-state index contributed by atoms with van der Waals surface area (Å²) in [6.45, 7) is 3.72. The SMILES string of the molecule is COc1cccc(C(O)C(C)(C)N(C)C)c1F. The van der Waals surface area contributed by atoms with Gasteiger partial charge in [-0.3, -0.25) is 0 Å². The molecule has 0 aliphatic rings. The summed E-state index contributed by atoms with van der Waals surface area (Å²) in [5.41, 5.74) is -0.309. The topological polar surface area (TPSA) is 32.7 Å². The van der Waals surface area contributed by atoms with Crippen LogP contribution in [0.15, 0.2) is 18.2 Å². The van der Waals surface area contributed by atoms with E-state index < -0.39 is 17.5 Å². The highest BCUT2D eigenvalue weighted by Crippen LogP contribution is 2.33. The Morgan fingerprint density at radius 1 is 1.35 bits per heavy atom. The van der Waals surface area contributed by atoms with Crippen LogP contribution in [-0.4, -0.2) is 36.8 Å². The maximum Gasteiger partial charge on any atom is 0.170 e. The Hall–Kier alpha value is -1.13. The van der Waals surface area contributed by atoms with Crippen LogP contribution in [0.3, 0.4) is 0 Å². The van der Waals surface area contributed by atoms with Crippen LogP contribution in [-0.2, 0) is 0 Å². The van der Waals surface area contributed by atoms with Gasteiger partial charge >= 0.3 is 0 Å². The molecular formula is C13H20FNO2. The van der Waals surface area contributed by atoms with Crippen LogP contribution in [0.5, 0.6) is 5.75 Å². The van der Waals surface area contributed by atoms with E-state index in [0.29, 0.717) is 0 Å². The van der Waals surface area contributed by atoms with Gasteiger partial charge in [0.15, 0.2) is 11.6 Å². The molecule has 1 aromatic carbocycles. The van der Waals surface area contributed by atoms with E-state index in [0.717, 1.165) is 0 Å². The minimum atomic E-state index is -0.924. The average molecular weight is 241 g/mol. The summed E-state index contributed by atoms with van der Waals surface area (Å²) in [4.78, 5) is 1.86. The van der Waals surface area contributed by atoms with Gasteiger partial charge in [-0.15, -0.1) is 0 Å². The fourth-order valence-electron chi connectivity index (χ4n) is 1.52. The third kappa shape index (κ3) is 2.58. The second-order valence-electron chi connectivity index (χ2n) is 4.81. The molecule has 17 heavy (non-hydrogen) atoms. The van der Waals surface area contributed by atoms with Gasteiger partial charge in [-0.05, 0) is 34.0 Å². The summed E-state index contributed by atoms with van der Waals surface area (Å²) < 4.78 is 18.9. The zero-order chi connectivity index (χ0) is 13.2. The molecule has 1 rings (SSSR count). The van der Waals surface area contributed by atoms with Crippen molar-refractivity contribution < 1.29 is 14.2 Å². The van der Waals surface area contributed by atoms with Crippen LogP contribution in [0.4, 0.5) is 4.39 Å². The molecule has 0 heterocycles. The Morgan fingerprint density at radius 3 is 2.41 bits per heavy atom. The molecule has 1 N–H and O–H groups in total. The van der Waals surface area contributed by atoms with Crippen molar-refractivity contribution in [1.82, 2.24) is 4.90 Å². The molecule has 0 fully saturated rings. The van der Waals surface area contributed by atoms with Crippen molar-refractivity contribution in [3.8, 4) is 5.75 Å². The predicted molar refractivity (Wildman–Crippen MR) is 65.7 cm³/mol. The molecule has 1 atom stereocenters. The number of aliphatic hydroxyl groups is 1. The van der Waals surface area contributed by atoms with Gasteiger partial charge in [0.05, 0.1) is 13.2 Å². The first-order valence-electron chi connectivity index (χ1n) is 5.50. The summed E-state index contributed by atoms with van der Waals surface area (Å²) >= 11 is 0. The van der Waals surface area contributed by atoms with E-state index in [4.69, 9.17) is 4.74 Å². The fourth-order valence-corrected chi connectivity index (χ4v) is 1.52. The number of hydrogen-bond acceptors (Lipinski definition) is 3. The largest absolute Gasteiger partial charge is 0.494 e. The second kappa shape index (κ2) is 5.02. The molecule has 96 valence electrons. The summed E-state index contributed by atoms with van der Waals surface area (Å²) in [6.07, 6.45) is -0.924. The quantitative estimate of drug-likeness (QED) is 0.877. The molecule has 1 unspecified atom stereocenters. The van der Waals surface area contributed by atoms with Gasteiger partial charge in [0.2, 0.25) is 0 Å². The molecule has 0 bridgehead atoms. The summed E-state index contributed by atoms with van der Waals surface area (Å²) in [6, 6.07) is 4.79. The standard InChI is InChI=1S/C13H20FNO2/c1-13(2,15(3)4)12(16)9-7-6-8-10(17-5)11(9)14/h6-8,12,16H,1-5H3. The van der Waals surface area contributed by atoms with Crippen molar-refractivity contribution in [2.24, 2.45) is 0 Å². The van der Waals surface area contributed by atoms with Gasteiger partial charge in [0.25, 0.3) is 0 Å². The first-order valence-corrected chi connectivity index (χ1v) is 5.50. The van der Waals surface area contributed by atoms with E-state index in [9.17, 15) is 9.50 Å². The number of rotatable bonds is 4. The lowest BCUT2D eigenvalue weighted by Crippen LogP contribution is -2.44. The van der Waals surface area contributed by atoms with E-state index in [2.05, 4.69) is 0 Å². The molecule has 0 radical (unpaired) electrons. The van der Waals surface area contributed by atoms with Crippen LogP contribution < -0.4 is 4.74 Å². The third-order valence-electron chi connectivity index (χ3n) is 3.33. The lowest BCUT2D eigenvalue weighted by atomic mass is 9.90. The van der Waals surface area contributed by atoms with Gasteiger partial charge in [0, 0.05) is 11.1 Å². The highest BCUT2D eigenvalue weighted by Gasteiger charge is 2.33. The van der Waals surface area contributed by atoms with Crippen LogP contribution in [0.1, 0.15) is 25.5 Å².